The van der Waals surface area contributed by atoms with Gasteiger partial charge in [0.05, 0.1) is 6.61 Å². The highest BCUT2D eigenvalue weighted by molar-refractivity contribution is 5.82. The van der Waals surface area contributed by atoms with E-state index in [-0.39, 0.29) is 6.61 Å². The van der Waals surface area contributed by atoms with Crippen LogP contribution in [0.3, 0.4) is 0 Å². The van der Waals surface area contributed by atoms with Gasteiger partial charge in [-0.15, -0.1) is 0 Å². The first kappa shape index (κ1) is 13.5. The molecule has 0 aliphatic carbocycles. The molecule has 0 radical (unpaired) electrons. The zero-order valence-electron chi connectivity index (χ0n) is 10.5. The van der Waals surface area contributed by atoms with Gasteiger partial charge >= 0.3 is 5.97 Å². The molecule has 1 rings (SSSR count). The maximum Gasteiger partial charge on any atom is 0.331 e. The van der Waals surface area contributed by atoms with Gasteiger partial charge in [0.2, 0.25) is 0 Å². The van der Waals surface area contributed by atoms with E-state index in [0.29, 0.717) is 0 Å². The number of hydrogen-bond donors (Lipinski definition) is 2. The summed E-state index contributed by atoms with van der Waals surface area (Å²) in [5, 5.41) is 12.3. The number of benzene rings is 1. The van der Waals surface area contributed by atoms with Crippen molar-refractivity contribution >= 4 is 11.7 Å². The lowest BCUT2D eigenvalue weighted by molar-refractivity contribution is -0.143. The molecular weight excluding hydrogens is 218 g/mol. The fourth-order valence-corrected chi connectivity index (χ4v) is 1.69. The van der Waals surface area contributed by atoms with E-state index < -0.39 is 11.5 Å². The Labute approximate surface area is 102 Å². The number of carboxylic acids is 1. The Bertz CT molecular complexity index is 392. The maximum atomic E-state index is 11.3. The van der Waals surface area contributed by atoms with Crippen LogP contribution in [0.2, 0.25) is 0 Å². The summed E-state index contributed by atoms with van der Waals surface area (Å²) in [5.41, 5.74) is 0.827. The van der Waals surface area contributed by atoms with Gasteiger partial charge in [0.15, 0.2) is 5.54 Å². The Hall–Kier alpha value is -1.55. The largest absolute Gasteiger partial charge is 0.479 e. The lowest BCUT2D eigenvalue weighted by Gasteiger charge is -2.27. The van der Waals surface area contributed by atoms with Gasteiger partial charge in [-0.2, -0.15) is 0 Å². The van der Waals surface area contributed by atoms with E-state index in [1.165, 1.54) is 7.11 Å². The molecule has 4 heteroatoms. The topological polar surface area (TPSA) is 58.6 Å². The predicted octanol–water partition coefficient (Wildman–Crippen LogP) is 2.15. The molecule has 0 aliphatic heterocycles. The van der Waals surface area contributed by atoms with Gasteiger partial charge in [-0.1, -0.05) is 25.1 Å². The summed E-state index contributed by atoms with van der Waals surface area (Å²) in [5.74, 6) is -0.926. The second-order valence-electron chi connectivity index (χ2n) is 4.21. The number of aliphatic carboxylic acids is 1. The summed E-state index contributed by atoms with van der Waals surface area (Å²) in [6.45, 7) is 3.76. The van der Waals surface area contributed by atoms with Gasteiger partial charge < -0.3 is 15.2 Å². The Morgan fingerprint density at radius 1 is 1.47 bits per heavy atom. The molecular formula is C13H19NO3. The van der Waals surface area contributed by atoms with E-state index >= 15 is 0 Å². The number of nitrogens with one attached hydrogen (secondary N) is 1. The predicted molar refractivity (Wildman–Crippen MR) is 67.4 cm³/mol. The average molecular weight is 237 g/mol. The zero-order valence-corrected chi connectivity index (χ0v) is 10.5. The molecule has 0 amide bonds. The van der Waals surface area contributed by atoms with Crippen molar-refractivity contribution in [2.75, 3.05) is 19.0 Å². The Kier molecular flexibility index (Phi) is 4.52. The molecule has 0 fully saturated rings. The first-order chi connectivity index (χ1) is 8.03. The molecule has 17 heavy (non-hydrogen) atoms. The second kappa shape index (κ2) is 5.68. The highest BCUT2D eigenvalue weighted by Crippen LogP contribution is 2.21. The standard InChI is InChI=1S/C13H19NO3/c1-4-10-7-5-6-8-11(10)14-13(2,9-17-3)12(15)16/h5-8,14H,4,9H2,1-3H3,(H,15,16). The van der Waals surface area contributed by atoms with Crippen molar-refractivity contribution in [3.05, 3.63) is 29.8 Å². The van der Waals surface area contributed by atoms with Gasteiger partial charge in [-0.3, -0.25) is 0 Å². The third-order valence-electron chi connectivity index (χ3n) is 2.71. The Balaban J connectivity index is 2.97. The van der Waals surface area contributed by atoms with Crippen molar-refractivity contribution < 1.29 is 14.6 Å². The number of carbonyl (C=O) groups is 1. The van der Waals surface area contributed by atoms with Crippen molar-refractivity contribution in [3.8, 4) is 0 Å². The minimum atomic E-state index is -1.11. The normalized spacial score (nSPS) is 14.1. The van der Waals surface area contributed by atoms with Crippen molar-refractivity contribution in [2.24, 2.45) is 0 Å². The van der Waals surface area contributed by atoms with E-state index in [0.717, 1.165) is 17.7 Å². The number of carboxylic acid groups (broad SMARTS) is 1. The van der Waals surface area contributed by atoms with Crippen molar-refractivity contribution in [1.82, 2.24) is 0 Å². The number of anilines is 1. The molecule has 1 aromatic rings. The van der Waals surface area contributed by atoms with Crippen molar-refractivity contribution in [2.45, 2.75) is 25.8 Å². The number of methoxy groups -OCH3 is 1. The first-order valence-electron chi connectivity index (χ1n) is 5.62. The number of ether oxygens (including phenoxy) is 1. The molecule has 0 spiro atoms. The van der Waals surface area contributed by atoms with Crippen LogP contribution in [-0.4, -0.2) is 30.3 Å². The van der Waals surface area contributed by atoms with Gasteiger partial charge in [-0.25, -0.2) is 4.79 Å². The molecule has 0 heterocycles. The van der Waals surface area contributed by atoms with Crippen LogP contribution in [0.5, 0.6) is 0 Å². The number of aryl methyl sites for hydroxylation is 1. The molecule has 1 unspecified atom stereocenters. The smallest absolute Gasteiger partial charge is 0.331 e. The molecule has 2 N–H and O–H groups in total. The second-order valence-corrected chi connectivity index (χ2v) is 4.21. The van der Waals surface area contributed by atoms with Crippen LogP contribution in [0.15, 0.2) is 24.3 Å². The van der Waals surface area contributed by atoms with Crippen LogP contribution >= 0.6 is 0 Å². The molecule has 0 bridgehead atoms. The number of para-hydroxylation sites is 1. The minimum Gasteiger partial charge on any atom is -0.479 e. The number of rotatable bonds is 6. The summed E-state index contributed by atoms with van der Waals surface area (Å²) in [6, 6.07) is 7.70. The van der Waals surface area contributed by atoms with Gasteiger partial charge in [0.1, 0.15) is 0 Å². The van der Waals surface area contributed by atoms with E-state index in [1.807, 2.05) is 31.2 Å². The van der Waals surface area contributed by atoms with E-state index in [9.17, 15) is 9.90 Å². The summed E-state index contributed by atoms with van der Waals surface area (Å²) in [6.07, 6.45) is 0.853. The third-order valence-corrected chi connectivity index (χ3v) is 2.71. The zero-order chi connectivity index (χ0) is 12.9. The van der Waals surface area contributed by atoms with E-state index in [1.54, 1.807) is 6.92 Å². The highest BCUT2D eigenvalue weighted by atomic mass is 16.5. The fraction of sp³-hybridized carbons (Fsp3) is 0.462. The summed E-state index contributed by atoms with van der Waals surface area (Å²) < 4.78 is 4.97. The van der Waals surface area contributed by atoms with Crippen LogP contribution in [0.1, 0.15) is 19.4 Å². The summed E-state index contributed by atoms with van der Waals surface area (Å²) in [4.78, 5) is 11.3. The molecule has 0 aliphatic rings. The SMILES string of the molecule is CCc1ccccc1NC(C)(COC)C(=O)O. The van der Waals surface area contributed by atoms with Crippen molar-refractivity contribution in [1.29, 1.82) is 0 Å². The molecule has 1 atom stereocenters. The Morgan fingerprint density at radius 2 is 2.12 bits per heavy atom. The van der Waals surface area contributed by atoms with E-state index in [2.05, 4.69) is 5.32 Å². The Morgan fingerprint density at radius 3 is 2.65 bits per heavy atom. The van der Waals surface area contributed by atoms with Crippen LogP contribution in [0, 0.1) is 0 Å². The molecule has 1 aromatic carbocycles. The minimum absolute atomic E-state index is 0.111. The monoisotopic (exact) mass is 237 g/mol. The molecule has 4 nitrogen and oxygen atoms in total. The van der Waals surface area contributed by atoms with Crippen LogP contribution in [0.25, 0.3) is 0 Å². The van der Waals surface area contributed by atoms with Crippen molar-refractivity contribution in [3.63, 3.8) is 0 Å². The third kappa shape index (κ3) is 3.20. The fourth-order valence-electron chi connectivity index (χ4n) is 1.69. The van der Waals surface area contributed by atoms with Crippen LogP contribution < -0.4 is 5.32 Å². The van der Waals surface area contributed by atoms with Crippen LogP contribution in [0.4, 0.5) is 5.69 Å². The summed E-state index contributed by atoms with van der Waals surface area (Å²) in [7, 11) is 1.49. The molecule has 0 saturated carbocycles. The average Bonchev–Trinajstić information content (AvgIpc) is 2.30. The molecule has 94 valence electrons. The number of hydrogen-bond acceptors (Lipinski definition) is 3. The van der Waals surface area contributed by atoms with Gasteiger partial charge in [0.25, 0.3) is 0 Å². The van der Waals surface area contributed by atoms with E-state index in [4.69, 9.17) is 4.74 Å². The van der Waals surface area contributed by atoms with Crippen LogP contribution in [-0.2, 0) is 16.0 Å². The highest BCUT2D eigenvalue weighted by Gasteiger charge is 2.33. The van der Waals surface area contributed by atoms with Gasteiger partial charge in [0, 0.05) is 12.8 Å². The lowest BCUT2D eigenvalue weighted by Crippen LogP contribution is -2.47. The molecule has 0 aromatic heterocycles. The summed E-state index contributed by atoms with van der Waals surface area (Å²) >= 11 is 0. The van der Waals surface area contributed by atoms with Gasteiger partial charge in [-0.05, 0) is 25.0 Å². The maximum absolute atomic E-state index is 11.3. The quantitative estimate of drug-likeness (QED) is 0.796. The molecule has 0 saturated heterocycles. The first-order valence-corrected chi connectivity index (χ1v) is 5.62. The lowest BCUT2D eigenvalue weighted by atomic mass is 10.0.